The van der Waals surface area contributed by atoms with E-state index in [1.807, 2.05) is 11.3 Å². The fourth-order valence-corrected chi connectivity index (χ4v) is 2.87. The lowest BCUT2D eigenvalue weighted by Gasteiger charge is -2.21. The van der Waals surface area contributed by atoms with Gasteiger partial charge < -0.3 is 5.32 Å². The summed E-state index contributed by atoms with van der Waals surface area (Å²) in [6.07, 6.45) is 5.34. The van der Waals surface area contributed by atoms with Gasteiger partial charge in [0, 0.05) is 24.0 Å². The molecule has 0 amide bonds. The van der Waals surface area contributed by atoms with E-state index in [1.54, 1.807) is 0 Å². The Labute approximate surface area is 109 Å². The molecule has 0 bridgehead atoms. The van der Waals surface area contributed by atoms with E-state index in [0.717, 1.165) is 19.1 Å². The highest BCUT2D eigenvalue weighted by Gasteiger charge is 2.28. The summed E-state index contributed by atoms with van der Waals surface area (Å²) in [6, 6.07) is 5.30. The van der Waals surface area contributed by atoms with Crippen LogP contribution in [0.4, 0.5) is 0 Å². The molecule has 1 aliphatic rings. The van der Waals surface area contributed by atoms with Crippen LogP contribution in [-0.2, 0) is 6.54 Å². The molecule has 0 unspecified atom stereocenters. The first-order valence-corrected chi connectivity index (χ1v) is 7.75. The number of hydrogen-bond acceptors (Lipinski definition) is 3. The lowest BCUT2D eigenvalue weighted by Crippen LogP contribution is -2.29. The van der Waals surface area contributed by atoms with Crippen molar-refractivity contribution in [2.45, 2.75) is 45.2 Å². The first kappa shape index (κ1) is 13.1. The number of thiophene rings is 1. The molecule has 0 aromatic carbocycles. The van der Waals surface area contributed by atoms with E-state index in [1.165, 1.54) is 43.6 Å². The predicted molar refractivity (Wildman–Crippen MR) is 75.5 cm³/mol. The molecule has 1 fully saturated rings. The molecule has 1 saturated carbocycles. The molecule has 1 aromatic heterocycles. The first-order chi connectivity index (χ1) is 8.40. The molecule has 2 rings (SSSR count). The lowest BCUT2D eigenvalue weighted by atomic mass is 10.3. The molecule has 1 heterocycles. The van der Waals surface area contributed by atoms with Crippen molar-refractivity contribution in [3.05, 3.63) is 22.4 Å². The maximum absolute atomic E-state index is 3.48. The fraction of sp³-hybridized carbons (Fsp3) is 0.714. The summed E-state index contributed by atoms with van der Waals surface area (Å²) in [5.41, 5.74) is 0. The standard InChI is InChI=1S/C14H24N2S/c1-2-8-15-9-4-10-16(13-6-7-13)12-14-5-3-11-17-14/h3,5,11,13,15H,2,4,6-10,12H2,1H3. The second-order valence-corrected chi connectivity index (χ2v) is 5.92. The van der Waals surface area contributed by atoms with Crippen LogP contribution < -0.4 is 5.32 Å². The molecule has 1 aromatic rings. The smallest absolute Gasteiger partial charge is 0.0330 e. The van der Waals surface area contributed by atoms with Gasteiger partial charge in [-0.05, 0) is 50.2 Å². The largest absolute Gasteiger partial charge is 0.317 e. The van der Waals surface area contributed by atoms with Gasteiger partial charge in [0.15, 0.2) is 0 Å². The van der Waals surface area contributed by atoms with Crippen molar-refractivity contribution >= 4 is 11.3 Å². The van der Waals surface area contributed by atoms with Gasteiger partial charge in [-0.15, -0.1) is 11.3 Å². The van der Waals surface area contributed by atoms with Crippen molar-refractivity contribution in [2.75, 3.05) is 19.6 Å². The van der Waals surface area contributed by atoms with Crippen LogP contribution in [0.25, 0.3) is 0 Å². The second kappa shape index (κ2) is 7.14. The zero-order valence-corrected chi connectivity index (χ0v) is 11.6. The average Bonchev–Trinajstić information content (AvgIpc) is 3.06. The minimum atomic E-state index is 0.878. The monoisotopic (exact) mass is 252 g/mol. The van der Waals surface area contributed by atoms with Crippen molar-refractivity contribution in [3.8, 4) is 0 Å². The summed E-state index contributed by atoms with van der Waals surface area (Å²) in [5.74, 6) is 0. The topological polar surface area (TPSA) is 15.3 Å². The third-order valence-corrected chi connectivity index (χ3v) is 4.09. The molecule has 0 radical (unpaired) electrons. The van der Waals surface area contributed by atoms with Crippen molar-refractivity contribution < 1.29 is 0 Å². The summed E-state index contributed by atoms with van der Waals surface area (Å²) >= 11 is 1.89. The lowest BCUT2D eigenvalue weighted by molar-refractivity contribution is 0.252. The Morgan fingerprint density at radius 1 is 1.41 bits per heavy atom. The van der Waals surface area contributed by atoms with E-state index in [0.29, 0.717) is 0 Å². The average molecular weight is 252 g/mol. The van der Waals surface area contributed by atoms with Crippen LogP contribution in [0.1, 0.15) is 37.5 Å². The Morgan fingerprint density at radius 3 is 2.94 bits per heavy atom. The van der Waals surface area contributed by atoms with Crippen LogP contribution in [0, 0.1) is 0 Å². The van der Waals surface area contributed by atoms with Crippen LogP contribution in [0.2, 0.25) is 0 Å². The Bertz CT molecular complexity index is 293. The maximum Gasteiger partial charge on any atom is 0.0330 e. The molecule has 0 atom stereocenters. The van der Waals surface area contributed by atoms with E-state index in [-0.39, 0.29) is 0 Å². The third kappa shape index (κ3) is 4.78. The van der Waals surface area contributed by atoms with Crippen molar-refractivity contribution in [1.29, 1.82) is 0 Å². The summed E-state index contributed by atoms with van der Waals surface area (Å²) < 4.78 is 0. The Morgan fingerprint density at radius 2 is 2.29 bits per heavy atom. The summed E-state index contributed by atoms with van der Waals surface area (Å²) in [7, 11) is 0. The molecule has 17 heavy (non-hydrogen) atoms. The highest BCUT2D eigenvalue weighted by Crippen LogP contribution is 2.29. The maximum atomic E-state index is 3.48. The predicted octanol–water partition coefficient (Wildman–Crippen LogP) is 3.10. The summed E-state index contributed by atoms with van der Waals surface area (Å²) in [6.45, 7) is 6.96. The van der Waals surface area contributed by atoms with Gasteiger partial charge in [-0.2, -0.15) is 0 Å². The van der Waals surface area contributed by atoms with Crippen molar-refractivity contribution in [2.24, 2.45) is 0 Å². The van der Waals surface area contributed by atoms with Crippen LogP contribution in [-0.4, -0.2) is 30.6 Å². The van der Waals surface area contributed by atoms with Gasteiger partial charge in [-0.3, -0.25) is 4.90 Å². The normalized spacial score (nSPS) is 15.6. The molecular formula is C14H24N2S. The van der Waals surface area contributed by atoms with Gasteiger partial charge in [0.2, 0.25) is 0 Å². The van der Waals surface area contributed by atoms with Crippen LogP contribution in [0.3, 0.4) is 0 Å². The molecular weight excluding hydrogens is 228 g/mol. The van der Waals surface area contributed by atoms with Gasteiger partial charge >= 0.3 is 0 Å². The minimum Gasteiger partial charge on any atom is -0.317 e. The van der Waals surface area contributed by atoms with Crippen LogP contribution >= 0.6 is 11.3 Å². The third-order valence-electron chi connectivity index (χ3n) is 3.23. The van der Waals surface area contributed by atoms with Gasteiger partial charge in [0.05, 0.1) is 0 Å². The molecule has 3 heteroatoms. The number of nitrogens with zero attached hydrogens (tertiary/aromatic N) is 1. The first-order valence-electron chi connectivity index (χ1n) is 6.87. The van der Waals surface area contributed by atoms with Crippen LogP contribution in [0.15, 0.2) is 17.5 Å². The summed E-state index contributed by atoms with van der Waals surface area (Å²) in [4.78, 5) is 4.18. The molecule has 1 aliphatic carbocycles. The van der Waals surface area contributed by atoms with Gasteiger partial charge in [0.1, 0.15) is 0 Å². The molecule has 0 spiro atoms. The van der Waals surface area contributed by atoms with Gasteiger partial charge in [0.25, 0.3) is 0 Å². The number of hydrogen-bond donors (Lipinski definition) is 1. The molecule has 96 valence electrons. The molecule has 0 saturated heterocycles. The van der Waals surface area contributed by atoms with Crippen LogP contribution in [0.5, 0.6) is 0 Å². The van der Waals surface area contributed by atoms with E-state index in [2.05, 4.69) is 34.7 Å². The highest BCUT2D eigenvalue weighted by molar-refractivity contribution is 7.09. The Balaban J connectivity index is 1.66. The molecule has 2 nitrogen and oxygen atoms in total. The minimum absolute atomic E-state index is 0.878. The van der Waals surface area contributed by atoms with E-state index in [4.69, 9.17) is 0 Å². The molecule has 0 aliphatic heterocycles. The second-order valence-electron chi connectivity index (χ2n) is 4.88. The van der Waals surface area contributed by atoms with E-state index >= 15 is 0 Å². The van der Waals surface area contributed by atoms with E-state index in [9.17, 15) is 0 Å². The zero-order chi connectivity index (χ0) is 11.9. The van der Waals surface area contributed by atoms with Gasteiger partial charge in [-0.25, -0.2) is 0 Å². The Kier molecular flexibility index (Phi) is 5.49. The molecule has 1 N–H and O–H groups in total. The van der Waals surface area contributed by atoms with Crippen molar-refractivity contribution in [1.82, 2.24) is 10.2 Å². The summed E-state index contributed by atoms with van der Waals surface area (Å²) in [5, 5.41) is 5.67. The fourth-order valence-electron chi connectivity index (χ4n) is 2.14. The van der Waals surface area contributed by atoms with Crippen molar-refractivity contribution in [3.63, 3.8) is 0 Å². The zero-order valence-electron chi connectivity index (χ0n) is 10.8. The Hall–Kier alpha value is -0.380. The SMILES string of the molecule is CCCNCCCN(Cc1cccs1)C1CC1. The number of rotatable bonds is 9. The number of nitrogens with one attached hydrogen (secondary N) is 1. The van der Waals surface area contributed by atoms with Gasteiger partial charge in [-0.1, -0.05) is 13.0 Å². The van der Waals surface area contributed by atoms with E-state index < -0.39 is 0 Å². The highest BCUT2D eigenvalue weighted by atomic mass is 32.1. The quantitative estimate of drug-likeness (QED) is 0.679.